The molecule has 0 aliphatic carbocycles. The first-order valence-electron chi connectivity index (χ1n) is 4.28. The average Bonchev–Trinajstić information content (AvgIpc) is 2.00. The minimum Gasteiger partial charge on any atom is -0.481 e. The number of rotatable bonds is 6. The number of hydrogen-bond acceptors (Lipinski definition) is 2. The maximum absolute atomic E-state index is 12.1. The normalized spacial score (nSPS) is 14.0. The molecule has 0 saturated carbocycles. The van der Waals surface area contributed by atoms with Gasteiger partial charge in [0.05, 0.1) is 6.42 Å². The molecule has 0 saturated heterocycles. The van der Waals surface area contributed by atoms with Crippen LogP contribution in [0.4, 0.5) is 13.2 Å². The molecule has 0 aliphatic heterocycles. The van der Waals surface area contributed by atoms with E-state index in [2.05, 4.69) is 4.74 Å². The number of unbranched alkanes of at least 4 members (excludes halogenated alkanes) is 1. The molecule has 0 rings (SSSR count). The van der Waals surface area contributed by atoms with Crippen LogP contribution in [0.15, 0.2) is 0 Å². The van der Waals surface area contributed by atoms with Gasteiger partial charge in [0.2, 0.25) is 0 Å². The summed E-state index contributed by atoms with van der Waals surface area (Å²) in [5, 5.41) is 8.22. The Morgan fingerprint density at radius 2 is 2.07 bits per heavy atom. The Bertz CT molecular complexity index is 179. The highest BCUT2D eigenvalue weighted by molar-refractivity contribution is 5.67. The van der Waals surface area contributed by atoms with Gasteiger partial charge in [-0.2, -0.15) is 13.2 Å². The maximum Gasteiger partial charge on any atom is 0.415 e. The summed E-state index contributed by atoms with van der Waals surface area (Å²) in [5.74, 6) is -1.51. The fourth-order valence-electron chi connectivity index (χ4n) is 0.798. The lowest BCUT2D eigenvalue weighted by Crippen LogP contribution is -2.34. The van der Waals surface area contributed by atoms with Gasteiger partial charge in [-0.3, -0.25) is 4.79 Å². The van der Waals surface area contributed by atoms with E-state index in [-0.39, 0.29) is 6.61 Å². The van der Waals surface area contributed by atoms with E-state index in [1.54, 1.807) is 0 Å². The summed E-state index contributed by atoms with van der Waals surface area (Å²) in [6.45, 7) is 1.75. The number of carboxylic acids is 1. The molecule has 0 spiro atoms. The predicted molar refractivity (Wildman–Crippen MR) is 43.0 cm³/mol. The molecule has 0 aliphatic rings. The minimum atomic E-state index is -4.61. The predicted octanol–water partition coefficient (Wildman–Crippen LogP) is 2.21. The van der Waals surface area contributed by atoms with Crippen molar-refractivity contribution in [3.05, 3.63) is 0 Å². The molecule has 0 radical (unpaired) electrons. The van der Waals surface area contributed by atoms with Gasteiger partial charge >= 0.3 is 12.1 Å². The van der Waals surface area contributed by atoms with E-state index in [1.165, 1.54) is 0 Å². The Morgan fingerprint density at radius 1 is 1.50 bits per heavy atom. The van der Waals surface area contributed by atoms with Gasteiger partial charge in [0, 0.05) is 6.61 Å². The van der Waals surface area contributed by atoms with E-state index >= 15 is 0 Å². The first kappa shape index (κ1) is 13.2. The van der Waals surface area contributed by atoms with Crippen LogP contribution in [-0.2, 0) is 9.53 Å². The van der Waals surface area contributed by atoms with Crippen molar-refractivity contribution in [1.29, 1.82) is 0 Å². The van der Waals surface area contributed by atoms with Crippen LogP contribution in [-0.4, -0.2) is 30.0 Å². The number of carboxylic acid groups (broad SMARTS) is 1. The van der Waals surface area contributed by atoms with Crippen LogP contribution in [0.5, 0.6) is 0 Å². The van der Waals surface area contributed by atoms with Crippen LogP contribution >= 0.6 is 0 Å². The Hall–Kier alpha value is -0.780. The van der Waals surface area contributed by atoms with Crippen LogP contribution in [0.25, 0.3) is 0 Å². The lowest BCUT2D eigenvalue weighted by atomic mass is 10.2. The van der Waals surface area contributed by atoms with Gasteiger partial charge < -0.3 is 9.84 Å². The molecule has 0 aromatic rings. The fourth-order valence-corrected chi connectivity index (χ4v) is 0.798. The number of ether oxygens (including phenoxy) is 1. The van der Waals surface area contributed by atoms with Crippen molar-refractivity contribution < 1.29 is 27.8 Å². The molecule has 1 N–H and O–H groups in total. The van der Waals surface area contributed by atoms with Crippen LogP contribution in [0.1, 0.15) is 26.2 Å². The van der Waals surface area contributed by atoms with Crippen molar-refractivity contribution in [2.45, 2.75) is 38.5 Å². The highest BCUT2D eigenvalue weighted by atomic mass is 19.4. The summed E-state index contributed by atoms with van der Waals surface area (Å²) in [6.07, 6.45) is -6.63. The standard InChI is InChI=1S/C8H13F3O3/c1-2-3-4-14-6(5-7(12)13)8(9,10)11/h6H,2-5H2,1H3,(H,12,13). The first-order valence-corrected chi connectivity index (χ1v) is 4.28. The minimum absolute atomic E-state index is 0.0616. The van der Waals surface area contributed by atoms with Gasteiger partial charge in [-0.25, -0.2) is 0 Å². The van der Waals surface area contributed by atoms with Crippen LogP contribution in [0.3, 0.4) is 0 Å². The largest absolute Gasteiger partial charge is 0.481 e. The molecule has 1 atom stereocenters. The maximum atomic E-state index is 12.1. The van der Waals surface area contributed by atoms with Crippen molar-refractivity contribution in [1.82, 2.24) is 0 Å². The quantitative estimate of drug-likeness (QED) is 0.689. The number of aliphatic carboxylic acids is 1. The van der Waals surface area contributed by atoms with Crippen LogP contribution < -0.4 is 0 Å². The van der Waals surface area contributed by atoms with Crippen molar-refractivity contribution in [3.8, 4) is 0 Å². The first-order chi connectivity index (χ1) is 6.38. The molecule has 14 heavy (non-hydrogen) atoms. The summed E-state index contributed by atoms with van der Waals surface area (Å²) in [5.41, 5.74) is 0. The molecule has 0 aromatic heterocycles. The summed E-state index contributed by atoms with van der Waals surface area (Å²) < 4.78 is 40.8. The molecule has 0 heterocycles. The van der Waals surface area contributed by atoms with E-state index in [0.29, 0.717) is 12.8 Å². The molecule has 6 heteroatoms. The second kappa shape index (κ2) is 5.85. The summed E-state index contributed by atoms with van der Waals surface area (Å²) in [4.78, 5) is 10.1. The SMILES string of the molecule is CCCCOC(CC(=O)O)C(F)(F)F. The van der Waals surface area contributed by atoms with Gasteiger partial charge in [0.1, 0.15) is 0 Å². The van der Waals surface area contributed by atoms with E-state index < -0.39 is 24.7 Å². The van der Waals surface area contributed by atoms with Gasteiger partial charge in [0.15, 0.2) is 6.10 Å². The van der Waals surface area contributed by atoms with Crippen LogP contribution in [0, 0.1) is 0 Å². The average molecular weight is 214 g/mol. The second-order valence-electron chi connectivity index (χ2n) is 2.85. The topological polar surface area (TPSA) is 46.5 Å². The van der Waals surface area contributed by atoms with Crippen molar-refractivity contribution in [3.63, 3.8) is 0 Å². The molecule has 84 valence electrons. The van der Waals surface area contributed by atoms with Crippen molar-refractivity contribution in [2.24, 2.45) is 0 Å². The Kier molecular flexibility index (Phi) is 5.52. The monoisotopic (exact) mass is 214 g/mol. The lowest BCUT2D eigenvalue weighted by Gasteiger charge is -2.18. The third kappa shape index (κ3) is 5.80. The van der Waals surface area contributed by atoms with Crippen LogP contribution in [0.2, 0.25) is 0 Å². The number of carbonyl (C=O) groups is 1. The summed E-state index contributed by atoms with van der Waals surface area (Å²) >= 11 is 0. The lowest BCUT2D eigenvalue weighted by molar-refractivity contribution is -0.224. The molecular formula is C8H13F3O3. The molecule has 3 nitrogen and oxygen atoms in total. The molecular weight excluding hydrogens is 201 g/mol. The van der Waals surface area contributed by atoms with Gasteiger partial charge in [-0.05, 0) is 6.42 Å². The Balaban J connectivity index is 4.05. The Labute approximate surface area is 79.9 Å². The summed E-state index contributed by atoms with van der Waals surface area (Å²) in [7, 11) is 0. The second-order valence-corrected chi connectivity index (χ2v) is 2.85. The Morgan fingerprint density at radius 3 is 2.43 bits per heavy atom. The fraction of sp³-hybridized carbons (Fsp3) is 0.875. The van der Waals surface area contributed by atoms with Gasteiger partial charge in [0.25, 0.3) is 0 Å². The molecule has 0 aromatic carbocycles. The zero-order chi connectivity index (χ0) is 11.2. The molecule has 1 unspecified atom stereocenters. The van der Waals surface area contributed by atoms with Gasteiger partial charge in [-0.15, -0.1) is 0 Å². The third-order valence-electron chi connectivity index (χ3n) is 1.54. The van der Waals surface area contributed by atoms with Crippen molar-refractivity contribution >= 4 is 5.97 Å². The van der Waals surface area contributed by atoms with E-state index in [4.69, 9.17) is 5.11 Å². The smallest absolute Gasteiger partial charge is 0.415 e. The van der Waals surface area contributed by atoms with E-state index in [9.17, 15) is 18.0 Å². The highest BCUT2D eigenvalue weighted by Crippen LogP contribution is 2.25. The number of hydrogen-bond donors (Lipinski definition) is 1. The van der Waals surface area contributed by atoms with E-state index in [0.717, 1.165) is 0 Å². The molecule has 0 bridgehead atoms. The number of alkyl halides is 3. The van der Waals surface area contributed by atoms with Crippen molar-refractivity contribution in [2.75, 3.05) is 6.61 Å². The summed E-state index contributed by atoms with van der Waals surface area (Å²) in [6, 6.07) is 0. The zero-order valence-electron chi connectivity index (χ0n) is 7.80. The molecule has 0 amide bonds. The third-order valence-corrected chi connectivity index (χ3v) is 1.54. The highest BCUT2D eigenvalue weighted by Gasteiger charge is 2.41. The zero-order valence-corrected chi connectivity index (χ0v) is 7.80. The van der Waals surface area contributed by atoms with E-state index in [1.807, 2.05) is 6.92 Å². The molecule has 0 fully saturated rings. The number of halogens is 3. The van der Waals surface area contributed by atoms with Gasteiger partial charge in [-0.1, -0.05) is 13.3 Å².